The zero-order valence-corrected chi connectivity index (χ0v) is 18.8. The van der Waals surface area contributed by atoms with Crippen LogP contribution in [0.1, 0.15) is 53.0 Å². The molecule has 0 aliphatic carbocycles. The number of alkyl carbamates (subject to hydrolysis) is 1. The number of carbonyl (C=O) groups is 1. The van der Waals surface area contributed by atoms with Crippen LogP contribution in [0.2, 0.25) is 0 Å². The molecule has 0 radical (unpaired) electrons. The van der Waals surface area contributed by atoms with E-state index in [-0.39, 0.29) is 17.6 Å². The molecule has 5 nitrogen and oxygen atoms in total. The topological polar surface area (TPSA) is 59.6 Å². The Morgan fingerprint density at radius 1 is 1.15 bits per heavy atom. The molecule has 26 heavy (non-hydrogen) atoms. The minimum atomic E-state index is -0.493. The summed E-state index contributed by atoms with van der Waals surface area (Å²) in [6.45, 7) is 12.0. The van der Waals surface area contributed by atoms with Gasteiger partial charge in [0, 0.05) is 42.1 Å². The lowest BCUT2D eigenvalue weighted by Crippen LogP contribution is -2.45. The molecule has 1 aromatic rings. The first-order valence-electron chi connectivity index (χ1n) is 9.06. The molecule has 0 aromatic heterocycles. The molecule has 0 fully saturated rings. The third-order valence-corrected chi connectivity index (χ3v) is 4.32. The molecule has 6 heteroatoms. The van der Waals surface area contributed by atoms with Gasteiger partial charge in [-0.25, -0.2) is 4.79 Å². The number of ether oxygens (including phenoxy) is 2. The van der Waals surface area contributed by atoms with Crippen LogP contribution in [0.3, 0.4) is 0 Å². The first-order valence-corrected chi connectivity index (χ1v) is 10.1. The van der Waals surface area contributed by atoms with Gasteiger partial charge in [-0.1, -0.05) is 44.2 Å². The summed E-state index contributed by atoms with van der Waals surface area (Å²) in [5.41, 5.74) is 0.737. The molecule has 2 N–H and O–H groups in total. The molecule has 0 bridgehead atoms. The second kappa shape index (κ2) is 11.1. The molecule has 1 aromatic carbocycles. The van der Waals surface area contributed by atoms with E-state index in [1.165, 1.54) is 5.56 Å². The Morgan fingerprint density at radius 2 is 1.81 bits per heavy atom. The normalized spacial score (nSPS) is 13.3. The molecule has 0 saturated heterocycles. The summed E-state index contributed by atoms with van der Waals surface area (Å²) in [6.07, 6.45) is 1.40. The van der Waals surface area contributed by atoms with Crippen molar-refractivity contribution in [1.82, 2.24) is 8.85 Å². The maximum absolute atomic E-state index is 12.1. The maximum Gasteiger partial charge on any atom is 0.407 e. The summed E-state index contributed by atoms with van der Waals surface area (Å²) in [6, 6.07) is 10.2. The summed E-state index contributed by atoms with van der Waals surface area (Å²) in [5, 5.41) is 2.98. The highest BCUT2D eigenvalue weighted by Gasteiger charge is 2.26. The molecule has 0 saturated carbocycles. The smallest absolute Gasteiger partial charge is 0.407 e. The Labute approximate surface area is 172 Å². The number of hydrogen-bond acceptors (Lipinski definition) is 4. The van der Waals surface area contributed by atoms with Gasteiger partial charge in [0.1, 0.15) is 5.60 Å². The fraction of sp³-hybridized carbons (Fsp3) is 0.650. The number of nitrogens with one attached hydrogen (secondary N) is 2. The first-order chi connectivity index (χ1) is 12.1. The Morgan fingerprint density at radius 3 is 2.38 bits per heavy atom. The monoisotopic (exact) mass is 476 g/mol. The minimum absolute atomic E-state index is 0.00544. The van der Waals surface area contributed by atoms with Gasteiger partial charge in [-0.05, 0) is 44.6 Å². The number of rotatable bonds is 10. The Balaban J connectivity index is 2.42. The molecular weight excluding hydrogens is 443 g/mol. The van der Waals surface area contributed by atoms with E-state index in [1.54, 1.807) is 0 Å². The summed E-state index contributed by atoms with van der Waals surface area (Å²) in [5.74, 6) is 0. The van der Waals surface area contributed by atoms with Crippen LogP contribution >= 0.6 is 22.9 Å². The van der Waals surface area contributed by atoms with E-state index >= 15 is 0 Å². The van der Waals surface area contributed by atoms with Gasteiger partial charge in [0.15, 0.2) is 0 Å². The highest BCUT2D eigenvalue weighted by molar-refractivity contribution is 14.1. The third kappa shape index (κ3) is 11.0. The standard InChI is InChI=1S/C20H33IN2O3/c1-19(2,3)26-18(24)23-17(14-22-21)13-20(4,5)11-12-25-15-16-9-7-6-8-10-16/h6-10,17,22H,11-15H2,1-5H3,(H,23,24)/t17-/m0/s1. The van der Waals surface area contributed by atoms with Crippen LogP contribution in [0.4, 0.5) is 4.79 Å². The number of halogens is 1. The largest absolute Gasteiger partial charge is 0.444 e. The van der Waals surface area contributed by atoms with Crippen LogP contribution in [0.5, 0.6) is 0 Å². The van der Waals surface area contributed by atoms with Gasteiger partial charge < -0.3 is 14.8 Å². The van der Waals surface area contributed by atoms with Crippen molar-refractivity contribution in [3.05, 3.63) is 35.9 Å². The second-order valence-corrected chi connectivity index (χ2v) is 9.10. The number of amides is 1. The molecule has 148 valence electrons. The van der Waals surface area contributed by atoms with Crippen LogP contribution < -0.4 is 8.85 Å². The van der Waals surface area contributed by atoms with E-state index in [9.17, 15) is 4.79 Å². The van der Waals surface area contributed by atoms with Crippen LogP contribution in [0.15, 0.2) is 30.3 Å². The van der Waals surface area contributed by atoms with Crippen LogP contribution in [-0.4, -0.2) is 30.9 Å². The summed E-state index contributed by atoms with van der Waals surface area (Å²) in [7, 11) is 0. The van der Waals surface area contributed by atoms with E-state index in [2.05, 4.69) is 57.7 Å². The molecule has 0 spiro atoms. The lowest BCUT2D eigenvalue weighted by atomic mass is 9.83. The average Bonchev–Trinajstić information content (AvgIpc) is 2.50. The fourth-order valence-electron chi connectivity index (χ4n) is 2.62. The van der Waals surface area contributed by atoms with Gasteiger partial charge in [0.2, 0.25) is 0 Å². The van der Waals surface area contributed by atoms with Crippen LogP contribution in [0.25, 0.3) is 0 Å². The van der Waals surface area contributed by atoms with Crippen molar-refractivity contribution in [1.29, 1.82) is 0 Å². The van der Waals surface area contributed by atoms with E-state index in [4.69, 9.17) is 9.47 Å². The molecule has 1 rings (SSSR count). The number of carbonyl (C=O) groups excluding carboxylic acids is 1. The van der Waals surface area contributed by atoms with Crippen molar-refractivity contribution in [3.63, 3.8) is 0 Å². The molecule has 0 unspecified atom stereocenters. The third-order valence-electron chi connectivity index (χ3n) is 3.88. The van der Waals surface area contributed by atoms with Crippen molar-refractivity contribution in [2.24, 2.45) is 5.41 Å². The molecule has 0 aliphatic rings. The second-order valence-electron chi connectivity index (χ2n) is 8.34. The Kier molecular flexibility index (Phi) is 9.89. The van der Waals surface area contributed by atoms with Crippen molar-refractivity contribution < 1.29 is 14.3 Å². The van der Waals surface area contributed by atoms with Gasteiger partial charge in [-0.3, -0.25) is 3.53 Å². The van der Waals surface area contributed by atoms with Crippen molar-refractivity contribution in [2.45, 2.75) is 65.7 Å². The lowest BCUT2D eigenvalue weighted by Gasteiger charge is -2.31. The predicted molar refractivity (Wildman–Crippen MR) is 114 cm³/mol. The van der Waals surface area contributed by atoms with Crippen molar-refractivity contribution in [2.75, 3.05) is 13.2 Å². The quantitative estimate of drug-likeness (QED) is 0.288. The van der Waals surface area contributed by atoms with Gasteiger partial charge in [-0.15, -0.1) is 0 Å². The maximum atomic E-state index is 12.1. The highest BCUT2D eigenvalue weighted by Crippen LogP contribution is 2.27. The van der Waals surface area contributed by atoms with E-state index in [0.717, 1.165) is 12.8 Å². The van der Waals surface area contributed by atoms with Crippen LogP contribution in [-0.2, 0) is 16.1 Å². The van der Waals surface area contributed by atoms with E-state index in [0.29, 0.717) is 19.8 Å². The predicted octanol–water partition coefficient (Wildman–Crippen LogP) is 4.84. The average molecular weight is 476 g/mol. The summed E-state index contributed by atoms with van der Waals surface area (Å²) < 4.78 is 14.3. The summed E-state index contributed by atoms with van der Waals surface area (Å²) in [4.78, 5) is 12.1. The molecule has 0 aliphatic heterocycles. The highest BCUT2D eigenvalue weighted by atomic mass is 127. The van der Waals surface area contributed by atoms with E-state index < -0.39 is 5.60 Å². The molecule has 1 amide bonds. The molecule has 0 heterocycles. The zero-order valence-electron chi connectivity index (χ0n) is 16.6. The van der Waals surface area contributed by atoms with Crippen LogP contribution in [0, 0.1) is 5.41 Å². The Bertz CT molecular complexity index is 530. The lowest BCUT2D eigenvalue weighted by molar-refractivity contribution is 0.0480. The van der Waals surface area contributed by atoms with Gasteiger partial charge in [-0.2, -0.15) is 0 Å². The Hall–Kier alpha value is -0.860. The van der Waals surface area contributed by atoms with E-state index in [1.807, 2.05) is 39.0 Å². The summed E-state index contributed by atoms with van der Waals surface area (Å²) >= 11 is 2.10. The minimum Gasteiger partial charge on any atom is -0.444 e. The fourth-order valence-corrected chi connectivity index (χ4v) is 3.15. The van der Waals surface area contributed by atoms with Gasteiger partial charge >= 0.3 is 6.09 Å². The number of benzene rings is 1. The molecule has 1 atom stereocenters. The van der Waals surface area contributed by atoms with Crippen molar-refractivity contribution in [3.8, 4) is 0 Å². The van der Waals surface area contributed by atoms with Gasteiger partial charge in [0.25, 0.3) is 0 Å². The molecular formula is C20H33IN2O3. The first kappa shape index (κ1) is 23.2. The SMILES string of the molecule is CC(C)(CCOCc1ccccc1)C[C@@H](CNI)NC(=O)OC(C)(C)C. The zero-order chi connectivity index (χ0) is 19.6. The number of hydrogen-bond donors (Lipinski definition) is 2. The van der Waals surface area contributed by atoms with Crippen molar-refractivity contribution >= 4 is 29.0 Å². The van der Waals surface area contributed by atoms with Gasteiger partial charge in [0.05, 0.1) is 6.61 Å².